The Hall–Kier alpha value is -1.28. The van der Waals surface area contributed by atoms with Crippen LogP contribution in [0.5, 0.6) is 5.75 Å². The minimum atomic E-state index is 0.297. The first kappa shape index (κ1) is 13.7. The first-order valence-electron chi connectivity index (χ1n) is 7.86. The molecular formula is C18H25NO. The van der Waals surface area contributed by atoms with Crippen molar-refractivity contribution in [3.8, 4) is 5.75 Å². The van der Waals surface area contributed by atoms with Gasteiger partial charge in [-0.1, -0.05) is 37.1 Å². The average molecular weight is 271 g/mol. The number of para-hydroxylation sites is 1. The number of aromatic hydroxyl groups is 1. The van der Waals surface area contributed by atoms with Gasteiger partial charge in [-0.05, 0) is 44.2 Å². The fourth-order valence-corrected chi connectivity index (χ4v) is 4.25. The molecule has 1 saturated heterocycles. The van der Waals surface area contributed by atoms with Crippen molar-refractivity contribution in [3.05, 3.63) is 42.5 Å². The molecule has 2 aliphatic rings. The number of phenolic OH excluding ortho intramolecular Hbond substituents is 1. The summed E-state index contributed by atoms with van der Waals surface area (Å²) in [5.41, 5.74) is 1.35. The molecule has 1 aliphatic heterocycles. The molecule has 3 rings (SSSR count). The van der Waals surface area contributed by atoms with Crippen molar-refractivity contribution in [1.82, 2.24) is 4.90 Å². The number of likely N-dealkylation sites (tertiary alicyclic amines) is 1. The van der Waals surface area contributed by atoms with E-state index in [1.165, 1.54) is 32.1 Å². The Bertz CT molecular complexity index is 484. The Morgan fingerprint density at radius 1 is 1.35 bits per heavy atom. The lowest BCUT2D eigenvalue weighted by Gasteiger charge is -2.53. The molecule has 20 heavy (non-hydrogen) atoms. The Morgan fingerprint density at radius 3 is 3.00 bits per heavy atom. The van der Waals surface area contributed by atoms with E-state index in [0.29, 0.717) is 11.3 Å². The zero-order chi connectivity index (χ0) is 14.0. The topological polar surface area (TPSA) is 23.5 Å². The van der Waals surface area contributed by atoms with Crippen LogP contribution < -0.4 is 0 Å². The number of nitrogens with zero attached hydrogens (tertiary/aromatic N) is 1. The summed E-state index contributed by atoms with van der Waals surface area (Å²) in [6.07, 6.45) is 9.82. The van der Waals surface area contributed by atoms with Crippen LogP contribution >= 0.6 is 0 Å². The molecule has 0 aromatic heterocycles. The lowest BCUT2D eigenvalue weighted by molar-refractivity contribution is -0.0191. The van der Waals surface area contributed by atoms with E-state index in [1.54, 1.807) is 6.07 Å². The monoisotopic (exact) mass is 271 g/mol. The van der Waals surface area contributed by atoms with Gasteiger partial charge in [0, 0.05) is 17.6 Å². The summed E-state index contributed by atoms with van der Waals surface area (Å²) >= 11 is 0. The molecular weight excluding hydrogens is 246 g/mol. The van der Waals surface area contributed by atoms with Crippen molar-refractivity contribution in [2.24, 2.45) is 5.92 Å². The number of piperidine rings is 1. The molecule has 1 aromatic carbocycles. The third kappa shape index (κ3) is 2.49. The van der Waals surface area contributed by atoms with Crippen LogP contribution in [0.1, 0.15) is 44.1 Å². The number of hydrogen-bond donors (Lipinski definition) is 1. The van der Waals surface area contributed by atoms with Gasteiger partial charge >= 0.3 is 0 Å². The largest absolute Gasteiger partial charge is 0.508 e. The molecule has 0 unspecified atom stereocenters. The first-order valence-corrected chi connectivity index (χ1v) is 7.86. The Kier molecular flexibility index (Phi) is 3.84. The lowest BCUT2D eigenvalue weighted by atomic mass is 9.69. The van der Waals surface area contributed by atoms with Crippen molar-refractivity contribution in [2.75, 3.05) is 6.54 Å². The molecule has 2 atom stereocenters. The van der Waals surface area contributed by atoms with Gasteiger partial charge in [0.15, 0.2) is 0 Å². The smallest absolute Gasteiger partial charge is 0.120 e. The maximum Gasteiger partial charge on any atom is 0.120 e. The van der Waals surface area contributed by atoms with Gasteiger partial charge in [0.25, 0.3) is 0 Å². The van der Waals surface area contributed by atoms with Crippen molar-refractivity contribution < 1.29 is 5.11 Å². The predicted molar refractivity (Wildman–Crippen MR) is 82.6 cm³/mol. The Morgan fingerprint density at radius 2 is 2.20 bits per heavy atom. The standard InChI is InChI=1S/C18H25NO/c1-2-10-18-11-5-6-15(13-18)9-12-19(18)14-16-7-3-4-8-17(16)20/h2-4,7-8,15,20H,1,5-6,9-14H2/t15-,18-/m1/s1. The van der Waals surface area contributed by atoms with Crippen LogP contribution in [-0.4, -0.2) is 22.1 Å². The van der Waals surface area contributed by atoms with E-state index in [9.17, 15) is 5.11 Å². The van der Waals surface area contributed by atoms with E-state index < -0.39 is 0 Å². The second-order valence-electron chi connectivity index (χ2n) is 6.52. The van der Waals surface area contributed by atoms with E-state index in [1.807, 2.05) is 18.2 Å². The maximum atomic E-state index is 10.0. The van der Waals surface area contributed by atoms with Gasteiger partial charge in [0.05, 0.1) is 0 Å². The molecule has 1 heterocycles. The molecule has 2 bridgehead atoms. The zero-order valence-electron chi connectivity index (χ0n) is 12.2. The highest BCUT2D eigenvalue weighted by Crippen LogP contribution is 2.45. The molecule has 1 aliphatic carbocycles. The Labute approximate surface area is 122 Å². The number of benzene rings is 1. The molecule has 0 spiro atoms. The predicted octanol–water partition coefficient (Wildman–Crippen LogP) is 4.10. The molecule has 2 heteroatoms. The molecule has 2 fully saturated rings. The number of fused-ring (bicyclic) bond motifs is 2. The minimum Gasteiger partial charge on any atom is -0.508 e. The highest BCUT2D eigenvalue weighted by atomic mass is 16.3. The van der Waals surface area contributed by atoms with Gasteiger partial charge < -0.3 is 5.11 Å². The van der Waals surface area contributed by atoms with Crippen molar-refractivity contribution >= 4 is 0 Å². The lowest BCUT2D eigenvalue weighted by Crippen LogP contribution is -2.55. The van der Waals surface area contributed by atoms with E-state index in [0.717, 1.165) is 31.0 Å². The second-order valence-corrected chi connectivity index (χ2v) is 6.52. The summed E-state index contributed by atoms with van der Waals surface area (Å²) in [6.45, 7) is 6.01. The van der Waals surface area contributed by atoms with Crippen LogP contribution in [0.2, 0.25) is 0 Å². The van der Waals surface area contributed by atoms with Crippen LogP contribution in [0.3, 0.4) is 0 Å². The van der Waals surface area contributed by atoms with Crippen LogP contribution in [0, 0.1) is 5.92 Å². The highest BCUT2D eigenvalue weighted by Gasteiger charge is 2.43. The van der Waals surface area contributed by atoms with E-state index in [-0.39, 0.29) is 0 Å². The summed E-state index contributed by atoms with van der Waals surface area (Å²) in [7, 11) is 0. The van der Waals surface area contributed by atoms with Gasteiger partial charge in [-0.2, -0.15) is 0 Å². The molecule has 2 nitrogen and oxygen atoms in total. The van der Waals surface area contributed by atoms with Crippen LogP contribution in [-0.2, 0) is 6.54 Å². The van der Waals surface area contributed by atoms with E-state index in [4.69, 9.17) is 0 Å². The minimum absolute atomic E-state index is 0.297. The first-order chi connectivity index (χ1) is 9.73. The van der Waals surface area contributed by atoms with Gasteiger partial charge in [-0.15, -0.1) is 6.58 Å². The Balaban J connectivity index is 1.83. The zero-order valence-corrected chi connectivity index (χ0v) is 12.2. The summed E-state index contributed by atoms with van der Waals surface area (Å²) in [5, 5.41) is 10.0. The molecule has 108 valence electrons. The third-order valence-corrected chi connectivity index (χ3v) is 5.28. The van der Waals surface area contributed by atoms with Gasteiger partial charge in [-0.25, -0.2) is 0 Å². The quantitative estimate of drug-likeness (QED) is 0.833. The number of phenols is 1. The summed E-state index contributed by atoms with van der Waals surface area (Å²) in [4.78, 5) is 2.61. The second kappa shape index (κ2) is 5.61. The van der Waals surface area contributed by atoms with Gasteiger partial charge in [0.2, 0.25) is 0 Å². The highest BCUT2D eigenvalue weighted by molar-refractivity contribution is 5.32. The SMILES string of the molecule is C=CC[C@]12CCC[C@H](CCN1Cc1ccccc1O)C2. The molecule has 1 aromatic rings. The molecule has 1 saturated carbocycles. The van der Waals surface area contributed by atoms with Gasteiger partial charge in [-0.3, -0.25) is 4.90 Å². The summed E-state index contributed by atoms with van der Waals surface area (Å²) in [6, 6.07) is 7.75. The van der Waals surface area contributed by atoms with Crippen molar-refractivity contribution in [3.63, 3.8) is 0 Å². The van der Waals surface area contributed by atoms with Crippen molar-refractivity contribution in [1.29, 1.82) is 0 Å². The number of hydrogen-bond acceptors (Lipinski definition) is 2. The number of rotatable bonds is 4. The molecule has 0 amide bonds. The third-order valence-electron chi connectivity index (χ3n) is 5.28. The normalized spacial score (nSPS) is 30.1. The van der Waals surface area contributed by atoms with Crippen LogP contribution in [0.4, 0.5) is 0 Å². The van der Waals surface area contributed by atoms with E-state index in [2.05, 4.69) is 17.6 Å². The average Bonchev–Trinajstić information content (AvgIpc) is 2.45. The fourth-order valence-electron chi connectivity index (χ4n) is 4.25. The van der Waals surface area contributed by atoms with E-state index >= 15 is 0 Å². The summed E-state index contributed by atoms with van der Waals surface area (Å²) in [5.74, 6) is 1.34. The molecule has 0 radical (unpaired) electrons. The fraction of sp³-hybridized carbons (Fsp3) is 0.556. The van der Waals surface area contributed by atoms with Crippen LogP contribution in [0.25, 0.3) is 0 Å². The molecule has 1 N–H and O–H groups in total. The van der Waals surface area contributed by atoms with Crippen molar-refractivity contribution in [2.45, 2.75) is 50.6 Å². The van der Waals surface area contributed by atoms with Gasteiger partial charge in [0.1, 0.15) is 5.75 Å². The summed E-state index contributed by atoms with van der Waals surface area (Å²) < 4.78 is 0. The van der Waals surface area contributed by atoms with Crippen LogP contribution in [0.15, 0.2) is 36.9 Å². The maximum absolute atomic E-state index is 10.0.